The Morgan fingerprint density at radius 2 is 1.93 bits per heavy atom. The molecule has 136 valence electrons. The molecule has 4 aromatic rings. The highest BCUT2D eigenvalue weighted by molar-refractivity contribution is 5.97. The lowest BCUT2D eigenvalue weighted by Crippen LogP contribution is -2.23. The van der Waals surface area contributed by atoms with Crippen LogP contribution in [0.5, 0.6) is 5.75 Å². The van der Waals surface area contributed by atoms with Crippen LogP contribution in [-0.2, 0) is 13.6 Å². The van der Waals surface area contributed by atoms with Crippen LogP contribution in [0.15, 0.2) is 48.5 Å². The smallest absolute Gasteiger partial charge is 0.270 e. The maximum absolute atomic E-state index is 12.6. The van der Waals surface area contributed by atoms with E-state index in [-0.39, 0.29) is 5.91 Å². The fourth-order valence-electron chi connectivity index (χ4n) is 3.18. The number of aromatic nitrogens is 3. The van der Waals surface area contributed by atoms with Gasteiger partial charge in [0.05, 0.1) is 23.7 Å². The fourth-order valence-corrected chi connectivity index (χ4v) is 3.18. The van der Waals surface area contributed by atoms with Crippen molar-refractivity contribution in [2.24, 2.45) is 7.05 Å². The molecule has 0 aliphatic heterocycles. The third kappa shape index (κ3) is 3.10. The van der Waals surface area contributed by atoms with E-state index < -0.39 is 0 Å². The first kappa shape index (κ1) is 17.0. The monoisotopic (exact) mass is 360 g/mol. The van der Waals surface area contributed by atoms with E-state index in [1.54, 1.807) is 13.2 Å². The van der Waals surface area contributed by atoms with Gasteiger partial charge >= 0.3 is 0 Å². The molecule has 2 aromatic heterocycles. The number of hydrogen-bond donors (Lipinski definition) is 1. The molecule has 6 nitrogen and oxygen atoms in total. The van der Waals surface area contributed by atoms with Gasteiger partial charge in [-0.15, -0.1) is 0 Å². The van der Waals surface area contributed by atoms with E-state index in [0.29, 0.717) is 18.0 Å². The number of pyridine rings is 1. The summed E-state index contributed by atoms with van der Waals surface area (Å²) in [6.45, 7) is 2.38. The van der Waals surface area contributed by atoms with Gasteiger partial charge in [-0.1, -0.05) is 18.2 Å². The van der Waals surface area contributed by atoms with Crippen molar-refractivity contribution in [1.29, 1.82) is 0 Å². The molecule has 2 aromatic carbocycles. The van der Waals surface area contributed by atoms with Crippen LogP contribution in [0.4, 0.5) is 0 Å². The Morgan fingerprint density at radius 1 is 1.11 bits per heavy atom. The molecule has 0 aliphatic rings. The van der Waals surface area contributed by atoms with Crippen molar-refractivity contribution < 1.29 is 9.53 Å². The Labute approximate surface area is 156 Å². The molecule has 0 aliphatic carbocycles. The molecule has 2 heterocycles. The second-order valence-electron chi connectivity index (χ2n) is 6.45. The number of fused-ring (bicyclic) bond motifs is 2. The predicted octanol–water partition coefficient (Wildman–Crippen LogP) is 3.37. The van der Waals surface area contributed by atoms with E-state index >= 15 is 0 Å². The van der Waals surface area contributed by atoms with E-state index in [2.05, 4.69) is 15.3 Å². The number of methoxy groups -OCH3 is 1. The number of rotatable bonds is 4. The van der Waals surface area contributed by atoms with Crippen LogP contribution in [0.1, 0.15) is 21.9 Å². The Bertz CT molecular complexity index is 1160. The third-order valence-electron chi connectivity index (χ3n) is 4.75. The molecule has 0 unspecified atom stereocenters. The van der Waals surface area contributed by atoms with E-state index in [1.807, 2.05) is 61.0 Å². The topological polar surface area (TPSA) is 69.0 Å². The SMILES string of the molecule is COc1cc(C(=O)NCc2ccc3c(c2)nc(C)n3C)nc2ccccc12. The highest BCUT2D eigenvalue weighted by Gasteiger charge is 2.13. The number of nitrogens with zero attached hydrogens (tertiary/aromatic N) is 3. The lowest BCUT2D eigenvalue weighted by molar-refractivity contribution is 0.0946. The maximum Gasteiger partial charge on any atom is 0.270 e. The molecule has 27 heavy (non-hydrogen) atoms. The van der Waals surface area contributed by atoms with Gasteiger partial charge in [0.25, 0.3) is 5.91 Å². The molecule has 0 radical (unpaired) electrons. The summed E-state index contributed by atoms with van der Waals surface area (Å²) in [6, 6.07) is 15.3. The average Bonchev–Trinajstić information content (AvgIpc) is 2.98. The minimum Gasteiger partial charge on any atom is -0.496 e. The first-order valence-electron chi connectivity index (χ1n) is 8.71. The van der Waals surface area contributed by atoms with E-state index in [9.17, 15) is 4.79 Å². The number of imidazole rings is 1. The number of ether oxygens (including phenoxy) is 1. The Hall–Kier alpha value is -3.41. The zero-order valence-corrected chi connectivity index (χ0v) is 15.5. The van der Waals surface area contributed by atoms with Gasteiger partial charge in [-0.05, 0) is 36.8 Å². The first-order valence-corrected chi connectivity index (χ1v) is 8.71. The van der Waals surface area contributed by atoms with Gasteiger partial charge < -0.3 is 14.6 Å². The summed E-state index contributed by atoms with van der Waals surface area (Å²) in [5.41, 5.74) is 4.05. The van der Waals surface area contributed by atoms with Crippen LogP contribution in [0.3, 0.4) is 0 Å². The number of hydrogen-bond acceptors (Lipinski definition) is 4. The van der Waals surface area contributed by atoms with Crippen molar-refractivity contribution in [3.63, 3.8) is 0 Å². The van der Waals surface area contributed by atoms with Gasteiger partial charge in [-0.2, -0.15) is 0 Å². The normalized spacial score (nSPS) is 11.1. The number of para-hydroxylation sites is 1. The molecule has 0 saturated carbocycles. The van der Waals surface area contributed by atoms with Gasteiger partial charge in [0, 0.05) is 25.0 Å². The summed E-state index contributed by atoms with van der Waals surface area (Å²) in [7, 11) is 3.58. The number of aryl methyl sites for hydroxylation is 2. The van der Waals surface area contributed by atoms with Crippen LogP contribution < -0.4 is 10.1 Å². The summed E-state index contributed by atoms with van der Waals surface area (Å²) in [4.78, 5) is 21.6. The average molecular weight is 360 g/mol. The zero-order chi connectivity index (χ0) is 19.0. The third-order valence-corrected chi connectivity index (χ3v) is 4.75. The quantitative estimate of drug-likeness (QED) is 0.606. The summed E-state index contributed by atoms with van der Waals surface area (Å²) >= 11 is 0. The maximum atomic E-state index is 12.6. The Morgan fingerprint density at radius 3 is 2.74 bits per heavy atom. The number of amides is 1. The van der Waals surface area contributed by atoms with E-state index in [0.717, 1.165) is 33.3 Å². The molecule has 6 heteroatoms. The summed E-state index contributed by atoms with van der Waals surface area (Å²) in [5, 5.41) is 3.81. The van der Waals surface area contributed by atoms with E-state index in [1.165, 1.54) is 0 Å². The molecule has 0 spiro atoms. The number of nitrogens with one attached hydrogen (secondary N) is 1. The van der Waals surface area contributed by atoms with Crippen LogP contribution in [0.25, 0.3) is 21.9 Å². The van der Waals surface area contributed by atoms with Crippen molar-refractivity contribution in [2.45, 2.75) is 13.5 Å². The highest BCUT2D eigenvalue weighted by Crippen LogP contribution is 2.25. The van der Waals surface area contributed by atoms with Crippen molar-refractivity contribution >= 4 is 27.8 Å². The number of carbonyl (C=O) groups is 1. The standard InChI is InChI=1S/C21H20N4O2/c1-13-23-17-10-14(8-9-19(17)25(13)2)12-22-21(26)18-11-20(27-3)15-6-4-5-7-16(15)24-18/h4-11H,12H2,1-3H3,(H,22,26). The first-order chi connectivity index (χ1) is 13.1. The molecular weight excluding hydrogens is 340 g/mol. The minimum atomic E-state index is -0.239. The Balaban J connectivity index is 1.56. The van der Waals surface area contributed by atoms with Gasteiger partial charge in [-0.3, -0.25) is 4.79 Å². The van der Waals surface area contributed by atoms with Crippen LogP contribution >= 0.6 is 0 Å². The second-order valence-corrected chi connectivity index (χ2v) is 6.45. The lowest BCUT2D eigenvalue weighted by atomic mass is 10.1. The predicted molar refractivity (Wildman–Crippen MR) is 105 cm³/mol. The zero-order valence-electron chi connectivity index (χ0n) is 15.5. The minimum absolute atomic E-state index is 0.239. The molecule has 4 rings (SSSR count). The Kier molecular flexibility index (Phi) is 4.24. The summed E-state index contributed by atoms with van der Waals surface area (Å²) in [6.07, 6.45) is 0. The van der Waals surface area contributed by atoms with Crippen LogP contribution in [0, 0.1) is 6.92 Å². The number of carbonyl (C=O) groups excluding carboxylic acids is 1. The van der Waals surface area contributed by atoms with Crippen molar-refractivity contribution in [2.75, 3.05) is 7.11 Å². The van der Waals surface area contributed by atoms with Crippen LogP contribution in [0.2, 0.25) is 0 Å². The van der Waals surface area contributed by atoms with Gasteiger partial charge in [0.15, 0.2) is 0 Å². The van der Waals surface area contributed by atoms with Crippen molar-refractivity contribution in [1.82, 2.24) is 19.9 Å². The molecule has 0 saturated heterocycles. The summed E-state index contributed by atoms with van der Waals surface area (Å²) in [5.74, 6) is 1.35. The molecular formula is C21H20N4O2. The molecule has 0 fully saturated rings. The molecule has 1 N–H and O–H groups in total. The molecule has 0 atom stereocenters. The fraction of sp³-hybridized carbons (Fsp3) is 0.190. The van der Waals surface area contributed by atoms with Crippen molar-refractivity contribution in [3.8, 4) is 5.75 Å². The second kappa shape index (κ2) is 6.72. The molecule has 0 bridgehead atoms. The van der Waals surface area contributed by atoms with Gasteiger partial charge in [0.2, 0.25) is 0 Å². The van der Waals surface area contributed by atoms with Gasteiger partial charge in [0.1, 0.15) is 17.3 Å². The largest absolute Gasteiger partial charge is 0.496 e. The highest BCUT2D eigenvalue weighted by atomic mass is 16.5. The lowest BCUT2D eigenvalue weighted by Gasteiger charge is -2.09. The summed E-state index contributed by atoms with van der Waals surface area (Å²) < 4.78 is 7.46. The van der Waals surface area contributed by atoms with Gasteiger partial charge in [-0.25, -0.2) is 9.97 Å². The van der Waals surface area contributed by atoms with Crippen LogP contribution in [-0.4, -0.2) is 27.6 Å². The molecule has 1 amide bonds. The number of benzene rings is 2. The van der Waals surface area contributed by atoms with Crippen molar-refractivity contribution in [3.05, 3.63) is 65.6 Å². The van der Waals surface area contributed by atoms with E-state index in [4.69, 9.17) is 4.74 Å².